The highest BCUT2D eigenvalue weighted by Crippen LogP contribution is 2.36. The van der Waals surface area contributed by atoms with Crippen LogP contribution in [-0.4, -0.2) is 225 Å². The number of ether oxygens (including phenoxy) is 6. The van der Waals surface area contributed by atoms with E-state index in [9.17, 15) is 39.0 Å². The van der Waals surface area contributed by atoms with Gasteiger partial charge in [-0.3, -0.25) is 38.4 Å². The summed E-state index contributed by atoms with van der Waals surface area (Å²) in [7, 11) is 8.96. The van der Waals surface area contributed by atoms with Crippen molar-refractivity contribution in [3.63, 3.8) is 0 Å². The highest BCUT2D eigenvalue weighted by atomic mass is 16.5. The molecule has 4 aromatic carbocycles. The van der Waals surface area contributed by atoms with Crippen LogP contribution < -0.4 is 71.0 Å². The van der Waals surface area contributed by atoms with Gasteiger partial charge in [-0.05, 0) is 110 Å². The number of nitrogens with one attached hydrogen (secondary N) is 8. The lowest BCUT2D eigenvalue weighted by atomic mass is 9.85. The molecule has 592 valence electrons. The Bertz CT molecular complexity index is 4020. The molecule has 12 bridgehead atoms. The monoisotopic (exact) mass is 1520 g/mol. The zero-order chi connectivity index (χ0) is 80.1. The molecular formula is C76H100N16O18. The maximum Gasteiger partial charge on any atom is 0.326 e. The van der Waals surface area contributed by atoms with Gasteiger partial charge in [-0.1, -0.05) is 88.4 Å². The lowest BCUT2D eigenvalue weighted by Crippen LogP contribution is -2.60. The molecule has 34 nitrogen and oxygen atoms in total. The molecule has 2 fully saturated rings. The largest absolute Gasteiger partial charge is 0.493 e. The van der Waals surface area contributed by atoms with Crippen LogP contribution in [0.4, 0.5) is 0 Å². The summed E-state index contributed by atoms with van der Waals surface area (Å²) in [6.07, 6.45) is 2.13. The van der Waals surface area contributed by atoms with Crippen LogP contribution in [0.1, 0.15) is 114 Å². The lowest BCUT2D eigenvalue weighted by Gasteiger charge is -2.36. The normalized spacial score (nSPS) is 21.5. The molecule has 8 heterocycles. The quantitative estimate of drug-likeness (QED) is 0.0588. The predicted molar refractivity (Wildman–Crippen MR) is 397 cm³/mol. The van der Waals surface area contributed by atoms with Crippen molar-refractivity contribution in [3.8, 4) is 34.5 Å². The van der Waals surface area contributed by atoms with E-state index >= 15 is 19.2 Å². The molecular weight excluding hydrogens is 1420 g/mol. The minimum atomic E-state index is -1.56. The number of benzene rings is 4. The number of hydrogen-bond donors (Lipinski definition) is 10. The number of hydrogen-bond acceptors (Lipinski definition) is 22. The molecule has 0 saturated carbocycles. The SMILES string of the molecule is CNC(C)C(=O)NC(C(=O)N1CC2CC1C(=O)NC(Cc1ccc(OC)c(OC)c1)C(=O)NC(C(=O)O)Cc1ccc(cc1)OCc1cn(nn1)C1CC(C(=O)NC(Cc3ccc(OC)c(OC)c3)C(=O)NC(C(=O)O)Cc3ccc(cc3)OCc3cn2nn3)N(C(=O)C(NC(=O)C(C)NC)C(C)(C)C)C1)C(C)(C)C. The fraction of sp³-hybridized carbons (Fsp3) is 0.500. The topological polar surface area (TPSA) is 431 Å². The van der Waals surface area contributed by atoms with E-state index in [4.69, 9.17) is 28.4 Å². The van der Waals surface area contributed by atoms with Crippen LogP contribution >= 0.6 is 0 Å². The van der Waals surface area contributed by atoms with E-state index in [-0.39, 0.29) is 64.8 Å². The number of carbonyl (C=O) groups is 10. The van der Waals surface area contributed by atoms with Crippen molar-refractivity contribution in [1.29, 1.82) is 0 Å². The van der Waals surface area contributed by atoms with Crippen molar-refractivity contribution in [2.75, 3.05) is 55.6 Å². The molecule has 2 saturated heterocycles. The van der Waals surface area contributed by atoms with E-state index in [2.05, 4.69) is 63.2 Å². The third-order valence-electron chi connectivity index (χ3n) is 19.8. The Kier molecular flexibility index (Phi) is 27.2. The molecule has 0 aliphatic carbocycles. The van der Waals surface area contributed by atoms with Crippen LogP contribution in [-0.2, 0) is 86.8 Å². The second kappa shape index (κ2) is 36.2. The van der Waals surface area contributed by atoms with E-state index in [0.717, 1.165) is 0 Å². The highest BCUT2D eigenvalue weighted by molar-refractivity contribution is 5.98. The van der Waals surface area contributed by atoms with Gasteiger partial charge in [-0.2, -0.15) is 0 Å². The summed E-state index contributed by atoms with van der Waals surface area (Å²) in [5, 5.41) is 61.5. The number of rotatable bonds is 18. The zero-order valence-corrected chi connectivity index (χ0v) is 64.2. The number of carboxylic acids is 2. The van der Waals surface area contributed by atoms with Crippen molar-refractivity contribution in [1.82, 2.24) is 82.3 Å². The highest BCUT2D eigenvalue weighted by Gasteiger charge is 2.49. The van der Waals surface area contributed by atoms with Crippen LogP contribution in [0, 0.1) is 10.8 Å². The number of carboxylic acid groups (broad SMARTS) is 2. The Hall–Kier alpha value is -11.4. The van der Waals surface area contributed by atoms with E-state index in [0.29, 0.717) is 68.1 Å². The average molecular weight is 1530 g/mol. The van der Waals surface area contributed by atoms with Gasteiger partial charge in [0.2, 0.25) is 47.3 Å². The fourth-order valence-electron chi connectivity index (χ4n) is 13.2. The minimum Gasteiger partial charge on any atom is -0.493 e. The smallest absolute Gasteiger partial charge is 0.326 e. The van der Waals surface area contributed by atoms with Crippen LogP contribution in [0.25, 0.3) is 0 Å². The Labute approximate surface area is 637 Å². The van der Waals surface area contributed by atoms with Gasteiger partial charge in [-0.25, -0.2) is 19.0 Å². The van der Waals surface area contributed by atoms with Crippen LogP contribution in [0.5, 0.6) is 34.5 Å². The second-order valence-electron chi connectivity index (χ2n) is 29.8. The Balaban J connectivity index is 1.07. The lowest BCUT2D eigenvalue weighted by molar-refractivity contribution is -0.145. The second-order valence-corrected chi connectivity index (χ2v) is 29.8. The van der Waals surface area contributed by atoms with Gasteiger partial charge in [0.15, 0.2) is 23.0 Å². The third-order valence-corrected chi connectivity index (χ3v) is 19.8. The average Bonchev–Trinajstić information content (AvgIpc) is 1.62. The molecule has 6 aromatic rings. The van der Waals surface area contributed by atoms with Gasteiger partial charge in [-0.15, -0.1) is 10.2 Å². The minimum absolute atomic E-state index is 0.0754. The van der Waals surface area contributed by atoms with Gasteiger partial charge in [0.25, 0.3) is 0 Å². The molecule has 34 heteroatoms. The number of likely N-dealkylation sites (tertiary alicyclic amines) is 2. The van der Waals surface area contributed by atoms with Gasteiger partial charge in [0, 0.05) is 51.6 Å². The van der Waals surface area contributed by atoms with Crippen molar-refractivity contribution in [3.05, 3.63) is 131 Å². The van der Waals surface area contributed by atoms with Gasteiger partial charge in [0.05, 0.1) is 65.0 Å². The van der Waals surface area contributed by atoms with Crippen molar-refractivity contribution < 1.29 is 86.6 Å². The molecule has 110 heavy (non-hydrogen) atoms. The summed E-state index contributed by atoms with van der Waals surface area (Å²) in [5.41, 5.74) is 0.699. The van der Waals surface area contributed by atoms with Crippen LogP contribution in [0.3, 0.4) is 0 Å². The maximum atomic E-state index is 15.2. The first-order valence-corrected chi connectivity index (χ1v) is 36.1. The predicted octanol–water partition coefficient (Wildman–Crippen LogP) is 2.02. The van der Waals surface area contributed by atoms with Crippen molar-refractivity contribution >= 4 is 59.2 Å². The van der Waals surface area contributed by atoms with Crippen molar-refractivity contribution in [2.24, 2.45) is 10.8 Å². The van der Waals surface area contributed by atoms with Gasteiger partial charge >= 0.3 is 11.9 Å². The Morgan fingerprint density at radius 2 is 0.873 bits per heavy atom. The van der Waals surface area contributed by atoms with Crippen LogP contribution in [0.15, 0.2) is 97.3 Å². The van der Waals surface area contributed by atoms with Gasteiger partial charge < -0.3 is 91.0 Å². The van der Waals surface area contributed by atoms with Crippen molar-refractivity contribution in [2.45, 2.75) is 180 Å². The summed E-state index contributed by atoms with van der Waals surface area (Å²) in [6, 6.07) is 8.65. The summed E-state index contributed by atoms with van der Waals surface area (Å²) < 4.78 is 37.4. The molecule has 0 spiro atoms. The number of aliphatic carboxylic acids is 2. The molecule has 6 aliphatic rings. The number of amides is 8. The summed E-state index contributed by atoms with van der Waals surface area (Å²) >= 11 is 0. The number of nitrogens with zero attached hydrogens (tertiary/aromatic N) is 8. The van der Waals surface area contributed by atoms with Crippen LogP contribution in [0.2, 0.25) is 0 Å². The summed E-state index contributed by atoms with van der Waals surface area (Å²) in [6.45, 7) is 13.3. The molecule has 0 radical (unpaired) electrons. The van der Waals surface area contributed by atoms with E-state index in [1.165, 1.54) is 47.6 Å². The summed E-state index contributed by atoms with van der Waals surface area (Å²) in [4.78, 5) is 147. The zero-order valence-electron chi connectivity index (χ0n) is 64.2. The molecule has 10 N–H and O–H groups in total. The number of aromatic nitrogens is 6. The van der Waals surface area contributed by atoms with E-state index in [1.807, 2.05) is 0 Å². The Morgan fingerprint density at radius 1 is 0.518 bits per heavy atom. The van der Waals surface area contributed by atoms with Gasteiger partial charge in [0.1, 0.15) is 84.4 Å². The Morgan fingerprint density at radius 3 is 1.19 bits per heavy atom. The summed E-state index contributed by atoms with van der Waals surface area (Å²) in [5.74, 6) is -6.29. The molecule has 12 rings (SSSR count). The maximum absolute atomic E-state index is 15.2. The number of likely N-dealkylation sites (N-methyl/N-ethyl adjacent to an activating group) is 2. The van der Waals surface area contributed by atoms with E-state index in [1.54, 1.807) is 167 Å². The molecule has 8 amide bonds. The standard InChI is InChI=1S/C76H100N16O18/c1-41(77-9)65(93)83-63(75(3,4)5)71(99)89-37-49-33-57(89)69(97)79-53(29-45-19-25-59(105-11)61(31-45)107-13)67(95)81-55(73(101)102)27-43-17-23-52(24-18-43)110-40-48-36-92(88-86-48)50-34-58(90(38-50)72(100)64(76(6,7)8)84-66(94)42(2)78-10)70(98)80-54(30-46-20-26-60(106-12)62(32-46)108-14)68(96)82-56(74(103)104)28-44-15-21-51(22-16-44)109-39-47-35-91(49)87-85-47/h15-26,31-32,35-36,41-42,49-50,53-58,63-64,77-78H,27-30,33-34,37-40H2,1-14H3,(H,79,97)(H,80,98)(H,81,95)(H,82,96)(H,83,93)(H,84,94)(H,101,102)(H,103,104). The molecule has 6 aliphatic heterocycles. The first kappa shape index (κ1) is 82.6. The fourth-order valence-corrected chi connectivity index (χ4v) is 13.2. The first-order chi connectivity index (χ1) is 52.2. The first-order valence-electron chi connectivity index (χ1n) is 36.1. The molecule has 12 unspecified atom stereocenters. The molecule has 2 aromatic heterocycles. The number of methoxy groups -OCH3 is 4. The van der Waals surface area contributed by atoms with E-state index < -0.39 is 143 Å². The molecule has 12 atom stereocenters. The third kappa shape index (κ3) is 20.7. The number of carbonyl (C=O) groups excluding carboxylic acids is 8.